The second kappa shape index (κ2) is 6.33. The predicted molar refractivity (Wildman–Crippen MR) is 93.0 cm³/mol. The number of benzene rings is 2. The maximum atomic E-state index is 12.9. The van der Waals surface area contributed by atoms with Gasteiger partial charge in [-0.2, -0.15) is 0 Å². The number of rotatable bonds is 3. The number of carbonyl (C=O) groups excluding carboxylic acids is 1. The van der Waals surface area contributed by atoms with Crippen molar-refractivity contribution in [1.29, 1.82) is 0 Å². The summed E-state index contributed by atoms with van der Waals surface area (Å²) in [7, 11) is -3.42. The van der Waals surface area contributed by atoms with Crippen LogP contribution in [0.2, 0.25) is 0 Å². The molecule has 6 nitrogen and oxygen atoms in total. The molecule has 1 amide bonds. The Morgan fingerprint density at radius 3 is 2.52 bits per heavy atom. The van der Waals surface area contributed by atoms with E-state index in [4.69, 9.17) is 0 Å². The minimum atomic E-state index is -3.42. The Balaban J connectivity index is 2.04. The molecule has 1 N–H and O–H groups in total. The van der Waals surface area contributed by atoms with Gasteiger partial charge in [-0.3, -0.25) is 4.79 Å². The molecule has 0 spiro atoms. The highest BCUT2D eigenvalue weighted by Crippen LogP contribution is 2.31. The van der Waals surface area contributed by atoms with E-state index in [9.17, 15) is 23.1 Å². The molecule has 0 fully saturated rings. The minimum Gasteiger partial charge on any atom is -0.478 e. The number of sulfone groups is 1. The van der Waals surface area contributed by atoms with E-state index < -0.39 is 15.8 Å². The third-order valence-corrected chi connectivity index (χ3v) is 5.35. The van der Waals surface area contributed by atoms with Gasteiger partial charge in [-0.1, -0.05) is 12.1 Å². The van der Waals surface area contributed by atoms with Crippen molar-refractivity contribution in [2.75, 3.05) is 17.7 Å². The Morgan fingerprint density at radius 1 is 1.12 bits per heavy atom. The van der Waals surface area contributed by atoms with Crippen LogP contribution in [0.3, 0.4) is 0 Å². The van der Waals surface area contributed by atoms with Gasteiger partial charge in [0.1, 0.15) is 0 Å². The van der Waals surface area contributed by atoms with Gasteiger partial charge in [0.2, 0.25) is 0 Å². The van der Waals surface area contributed by atoms with Gasteiger partial charge in [-0.05, 0) is 48.7 Å². The number of anilines is 1. The first-order valence-corrected chi connectivity index (χ1v) is 9.65. The number of aromatic carboxylic acids is 1. The molecule has 0 aliphatic carbocycles. The summed E-state index contributed by atoms with van der Waals surface area (Å²) in [5.74, 6) is -1.36. The molecule has 7 heteroatoms. The summed E-state index contributed by atoms with van der Waals surface area (Å²) < 4.78 is 23.4. The number of carbonyl (C=O) groups is 2. The highest BCUT2D eigenvalue weighted by atomic mass is 32.2. The molecule has 25 heavy (non-hydrogen) atoms. The average molecular weight is 359 g/mol. The van der Waals surface area contributed by atoms with Crippen molar-refractivity contribution in [3.63, 3.8) is 0 Å². The number of fused-ring (bicyclic) bond motifs is 1. The van der Waals surface area contributed by atoms with Crippen molar-refractivity contribution in [1.82, 2.24) is 0 Å². The van der Waals surface area contributed by atoms with Gasteiger partial charge >= 0.3 is 5.97 Å². The van der Waals surface area contributed by atoms with Gasteiger partial charge in [0.15, 0.2) is 9.84 Å². The maximum absolute atomic E-state index is 12.9. The monoisotopic (exact) mass is 359 g/mol. The Bertz CT molecular complexity index is 965. The lowest BCUT2D eigenvalue weighted by atomic mass is 9.95. The molecule has 0 radical (unpaired) electrons. The highest BCUT2D eigenvalue weighted by molar-refractivity contribution is 7.90. The molecule has 1 heterocycles. The first kappa shape index (κ1) is 17.2. The largest absolute Gasteiger partial charge is 0.478 e. The molecule has 2 aromatic carbocycles. The number of carboxylic acids is 1. The van der Waals surface area contributed by atoms with Crippen LogP contribution in [0.5, 0.6) is 0 Å². The molecule has 0 saturated carbocycles. The second-order valence-corrected chi connectivity index (χ2v) is 7.98. The number of nitrogens with zero attached hydrogens (tertiary/aromatic N) is 1. The fraction of sp³-hybridized carbons (Fsp3) is 0.222. The molecule has 0 unspecified atom stereocenters. The summed E-state index contributed by atoms with van der Waals surface area (Å²) in [4.78, 5) is 25.9. The summed E-state index contributed by atoms with van der Waals surface area (Å²) in [5.41, 5.74) is 1.66. The Morgan fingerprint density at radius 2 is 1.84 bits per heavy atom. The number of amides is 1. The number of hydrogen-bond donors (Lipinski definition) is 1. The highest BCUT2D eigenvalue weighted by Gasteiger charge is 2.27. The van der Waals surface area contributed by atoms with Crippen molar-refractivity contribution < 1.29 is 23.1 Å². The molecular weight excluding hydrogens is 342 g/mol. The van der Waals surface area contributed by atoms with Gasteiger partial charge in [0, 0.05) is 24.1 Å². The number of carboxylic acid groups (broad SMARTS) is 1. The van der Waals surface area contributed by atoms with E-state index in [2.05, 4.69) is 0 Å². The van der Waals surface area contributed by atoms with E-state index in [1.165, 1.54) is 29.2 Å². The van der Waals surface area contributed by atoms with Gasteiger partial charge in [0.25, 0.3) is 5.91 Å². The van der Waals surface area contributed by atoms with Crippen LogP contribution in [0.25, 0.3) is 0 Å². The molecule has 1 aliphatic rings. The van der Waals surface area contributed by atoms with Crippen molar-refractivity contribution in [2.24, 2.45) is 0 Å². The van der Waals surface area contributed by atoms with E-state index in [0.717, 1.165) is 6.26 Å². The van der Waals surface area contributed by atoms with Gasteiger partial charge in [-0.25, -0.2) is 13.2 Å². The quantitative estimate of drug-likeness (QED) is 0.908. The van der Waals surface area contributed by atoms with Crippen molar-refractivity contribution in [3.8, 4) is 0 Å². The van der Waals surface area contributed by atoms with Crippen molar-refractivity contribution in [2.45, 2.75) is 17.7 Å². The normalized spacial score (nSPS) is 14.0. The minimum absolute atomic E-state index is 0.0786. The topological polar surface area (TPSA) is 91.8 Å². The molecule has 3 rings (SSSR count). The third-order valence-electron chi connectivity index (χ3n) is 4.24. The van der Waals surface area contributed by atoms with Crippen LogP contribution in [0, 0.1) is 0 Å². The van der Waals surface area contributed by atoms with E-state index in [1.54, 1.807) is 18.2 Å². The molecule has 1 aliphatic heterocycles. The van der Waals surface area contributed by atoms with Crippen molar-refractivity contribution in [3.05, 3.63) is 59.2 Å². The summed E-state index contributed by atoms with van der Waals surface area (Å²) in [6, 6.07) is 10.7. The Hall–Kier alpha value is -2.67. The van der Waals surface area contributed by atoms with E-state index >= 15 is 0 Å². The van der Waals surface area contributed by atoms with Crippen LogP contribution >= 0.6 is 0 Å². The van der Waals surface area contributed by atoms with Crippen molar-refractivity contribution >= 4 is 27.4 Å². The zero-order valence-corrected chi connectivity index (χ0v) is 14.4. The fourth-order valence-corrected chi connectivity index (χ4v) is 3.72. The lowest BCUT2D eigenvalue weighted by molar-refractivity contribution is 0.0695. The van der Waals surface area contributed by atoms with Crippen LogP contribution in [-0.4, -0.2) is 38.2 Å². The second-order valence-electron chi connectivity index (χ2n) is 5.97. The molecular formula is C18H17NO5S. The van der Waals surface area contributed by atoms with Crippen LogP contribution in [0.15, 0.2) is 47.4 Å². The molecule has 130 valence electrons. The zero-order valence-electron chi connectivity index (χ0n) is 13.6. The summed E-state index contributed by atoms with van der Waals surface area (Å²) in [6.45, 7) is 0.456. The number of hydrogen-bond acceptors (Lipinski definition) is 4. The Labute approximate surface area is 145 Å². The van der Waals surface area contributed by atoms with Gasteiger partial charge in [-0.15, -0.1) is 0 Å². The Kier molecular flexibility index (Phi) is 4.34. The first-order valence-electron chi connectivity index (χ1n) is 7.76. The summed E-state index contributed by atoms with van der Waals surface area (Å²) in [5, 5.41) is 9.34. The van der Waals surface area contributed by atoms with Crippen LogP contribution in [0.1, 0.15) is 32.7 Å². The lowest BCUT2D eigenvalue weighted by Gasteiger charge is -2.30. The smallest absolute Gasteiger partial charge is 0.336 e. The molecule has 0 aromatic heterocycles. The first-order chi connectivity index (χ1) is 11.8. The van der Waals surface area contributed by atoms with E-state index in [1.807, 2.05) is 0 Å². The summed E-state index contributed by atoms with van der Waals surface area (Å²) >= 11 is 0. The SMILES string of the molecule is CS(=O)(=O)c1cccc(C(=O)N2CCCc3c(C(=O)O)cccc32)c1. The van der Waals surface area contributed by atoms with E-state index in [0.29, 0.717) is 30.6 Å². The van der Waals surface area contributed by atoms with Crippen LogP contribution in [0.4, 0.5) is 5.69 Å². The molecule has 0 bridgehead atoms. The molecule has 2 aromatic rings. The summed E-state index contributed by atoms with van der Waals surface area (Å²) in [6.07, 6.45) is 2.33. The average Bonchev–Trinajstić information content (AvgIpc) is 2.59. The maximum Gasteiger partial charge on any atom is 0.336 e. The molecule has 0 atom stereocenters. The van der Waals surface area contributed by atoms with Gasteiger partial charge < -0.3 is 10.0 Å². The van der Waals surface area contributed by atoms with E-state index in [-0.39, 0.29) is 21.9 Å². The predicted octanol–water partition coefficient (Wildman–Crippen LogP) is 2.38. The standard InChI is InChI=1S/C18H17NO5S/c1-25(23,24)13-6-2-5-12(11-13)17(20)19-10-4-8-14-15(18(21)22)7-3-9-16(14)19/h2-3,5-7,9,11H,4,8,10H2,1H3,(H,21,22). The van der Waals surface area contributed by atoms with Gasteiger partial charge in [0.05, 0.1) is 10.5 Å². The fourth-order valence-electron chi connectivity index (χ4n) is 3.05. The van der Waals surface area contributed by atoms with Crippen LogP contribution < -0.4 is 4.90 Å². The molecule has 0 saturated heterocycles. The third kappa shape index (κ3) is 3.28. The van der Waals surface area contributed by atoms with Crippen LogP contribution in [-0.2, 0) is 16.3 Å². The lowest BCUT2D eigenvalue weighted by Crippen LogP contribution is -2.36. The zero-order chi connectivity index (χ0) is 18.2.